The molecule has 1 fully saturated rings. The van der Waals surface area contributed by atoms with Gasteiger partial charge in [0.15, 0.2) is 5.78 Å². The van der Waals surface area contributed by atoms with Crippen LogP contribution < -0.4 is 4.74 Å². The van der Waals surface area contributed by atoms with Crippen LogP contribution >= 0.6 is 0 Å². The van der Waals surface area contributed by atoms with E-state index in [0.29, 0.717) is 29.9 Å². The molecule has 1 N–H and O–H groups in total. The molecule has 0 aromatic heterocycles. The fourth-order valence-corrected chi connectivity index (χ4v) is 2.19. The SMILES string of the molecule is CCCc1c(OCC2CO2)ccc(C(=O)CN(C)C)c1O. The molecule has 0 spiro atoms. The van der Waals surface area contributed by atoms with Crippen LogP contribution in [0.25, 0.3) is 0 Å². The van der Waals surface area contributed by atoms with E-state index < -0.39 is 0 Å². The van der Waals surface area contributed by atoms with Gasteiger partial charge in [-0.25, -0.2) is 0 Å². The van der Waals surface area contributed by atoms with E-state index in [2.05, 4.69) is 0 Å². The summed E-state index contributed by atoms with van der Waals surface area (Å²) in [6, 6.07) is 3.42. The molecule has 1 aromatic carbocycles. The fourth-order valence-electron chi connectivity index (χ4n) is 2.19. The number of Topliss-reactive ketones (excluding diaryl/α,β-unsaturated/α-hetero) is 1. The molecular weight excluding hydrogens is 270 g/mol. The van der Waals surface area contributed by atoms with Crippen molar-refractivity contribution in [1.82, 2.24) is 4.90 Å². The lowest BCUT2D eigenvalue weighted by Crippen LogP contribution is -2.22. The summed E-state index contributed by atoms with van der Waals surface area (Å²) in [5.74, 6) is 0.607. The molecule has 0 amide bonds. The first kappa shape index (κ1) is 15.8. The molecule has 0 radical (unpaired) electrons. The predicted octanol–water partition coefficient (Wildman–Crippen LogP) is 1.87. The minimum Gasteiger partial charge on any atom is -0.507 e. The van der Waals surface area contributed by atoms with Crippen molar-refractivity contribution in [2.45, 2.75) is 25.9 Å². The van der Waals surface area contributed by atoms with E-state index >= 15 is 0 Å². The first-order valence-electron chi connectivity index (χ1n) is 7.30. The van der Waals surface area contributed by atoms with E-state index in [1.54, 1.807) is 17.0 Å². The first-order valence-corrected chi connectivity index (χ1v) is 7.30. The largest absolute Gasteiger partial charge is 0.507 e. The number of phenolic OH excluding ortho intramolecular Hbond substituents is 1. The topological polar surface area (TPSA) is 62.3 Å². The minimum absolute atomic E-state index is 0.0536. The van der Waals surface area contributed by atoms with Gasteiger partial charge in [0.2, 0.25) is 0 Å². The monoisotopic (exact) mass is 293 g/mol. The van der Waals surface area contributed by atoms with Crippen molar-refractivity contribution in [1.29, 1.82) is 0 Å². The van der Waals surface area contributed by atoms with Crippen LogP contribution in [0.4, 0.5) is 0 Å². The van der Waals surface area contributed by atoms with Gasteiger partial charge in [-0.1, -0.05) is 13.3 Å². The molecule has 0 aliphatic carbocycles. The summed E-state index contributed by atoms with van der Waals surface area (Å²) >= 11 is 0. The third kappa shape index (κ3) is 4.19. The van der Waals surface area contributed by atoms with Gasteiger partial charge in [-0.05, 0) is 32.6 Å². The summed E-state index contributed by atoms with van der Waals surface area (Å²) in [6.45, 7) is 3.52. The van der Waals surface area contributed by atoms with Crippen LogP contribution in [0.2, 0.25) is 0 Å². The summed E-state index contributed by atoms with van der Waals surface area (Å²) in [5.41, 5.74) is 1.07. The highest BCUT2D eigenvalue weighted by atomic mass is 16.6. The number of hydrogen-bond acceptors (Lipinski definition) is 5. The van der Waals surface area contributed by atoms with Gasteiger partial charge in [-0.15, -0.1) is 0 Å². The number of rotatable bonds is 8. The van der Waals surface area contributed by atoms with E-state index in [1.165, 1.54) is 0 Å². The van der Waals surface area contributed by atoms with Gasteiger partial charge in [-0.2, -0.15) is 0 Å². The highest BCUT2D eigenvalue weighted by Gasteiger charge is 2.24. The Kier molecular flexibility index (Phi) is 5.20. The average Bonchev–Trinajstić information content (AvgIpc) is 3.22. The summed E-state index contributed by atoms with van der Waals surface area (Å²) in [5, 5.41) is 10.4. The van der Waals surface area contributed by atoms with Crippen molar-refractivity contribution in [2.24, 2.45) is 0 Å². The Morgan fingerprint density at radius 2 is 2.19 bits per heavy atom. The fraction of sp³-hybridized carbons (Fsp3) is 0.562. The number of aromatic hydroxyl groups is 1. The van der Waals surface area contributed by atoms with E-state index in [9.17, 15) is 9.90 Å². The second kappa shape index (κ2) is 6.91. The van der Waals surface area contributed by atoms with Gasteiger partial charge in [0, 0.05) is 5.56 Å². The van der Waals surface area contributed by atoms with Crippen molar-refractivity contribution >= 4 is 5.78 Å². The lowest BCUT2D eigenvalue weighted by Gasteiger charge is -2.15. The maximum absolute atomic E-state index is 12.2. The molecule has 5 nitrogen and oxygen atoms in total. The second-order valence-electron chi connectivity index (χ2n) is 5.62. The number of ether oxygens (including phenoxy) is 2. The van der Waals surface area contributed by atoms with Crippen molar-refractivity contribution in [2.75, 3.05) is 33.9 Å². The van der Waals surface area contributed by atoms with Crippen LogP contribution in [-0.4, -0.2) is 55.7 Å². The van der Waals surface area contributed by atoms with Gasteiger partial charge in [0.1, 0.15) is 24.2 Å². The normalized spacial score (nSPS) is 17.0. The molecule has 5 heteroatoms. The third-order valence-corrected chi connectivity index (χ3v) is 3.33. The predicted molar refractivity (Wildman–Crippen MR) is 80.2 cm³/mol. The van der Waals surface area contributed by atoms with E-state index in [4.69, 9.17) is 9.47 Å². The Morgan fingerprint density at radius 3 is 2.76 bits per heavy atom. The van der Waals surface area contributed by atoms with Crippen LogP contribution in [0.5, 0.6) is 11.5 Å². The molecule has 21 heavy (non-hydrogen) atoms. The number of nitrogens with zero attached hydrogens (tertiary/aromatic N) is 1. The maximum Gasteiger partial charge on any atom is 0.180 e. The Balaban J connectivity index is 2.22. The lowest BCUT2D eigenvalue weighted by atomic mass is 10.0. The molecule has 116 valence electrons. The number of epoxide rings is 1. The van der Waals surface area contributed by atoms with Crippen molar-refractivity contribution < 1.29 is 19.4 Å². The van der Waals surface area contributed by atoms with Crippen LogP contribution in [0, 0.1) is 0 Å². The Bertz CT molecular complexity index is 509. The highest BCUT2D eigenvalue weighted by molar-refractivity contribution is 6.00. The number of carbonyl (C=O) groups excluding carboxylic acids is 1. The van der Waals surface area contributed by atoms with Gasteiger partial charge in [0.25, 0.3) is 0 Å². The second-order valence-corrected chi connectivity index (χ2v) is 5.62. The average molecular weight is 293 g/mol. The molecule has 0 bridgehead atoms. The number of carbonyl (C=O) groups is 1. The highest BCUT2D eigenvalue weighted by Crippen LogP contribution is 2.33. The molecule has 1 saturated heterocycles. The molecular formula is C16H23NO4. The quantitative estimate of drug-likeness (QED) is 0.585. The zero-order valence-electron chi connectivity index (χ0n) is 12.9. The van der Waals surface area contributed by atoms with Gasteiger partial charge in [-0.3, -0.25) is 4.79 Å². The zero-order chi connectivity index (χ0) is 15.4. The number of hydrogen-bond donors (Lipinski definition) is 1. The first-order chi connectivity index (χ1) is 10.0. The number of likely N-dealkylation sites (N-methyl/N-ethyl adjacent to an activating group) is 1. The molecule has 1 aromatic rings. The maximum atomic E-state index is 12.2. The van der Waals surface area contributed by atoms with E-state index in [0.717, 1.165) is 13.0 Å². The van der Waals surface area contributed by atoms with Crippen LogP contribution in [-0.2, 0) is 11.2 Å². The number of ketones is 1. The van der Waals surface area contributed by atoms with Gasteiger partial charge in [0.05, 0.1) is 18.7 Å². The molecule has 0 saturated carbocycles. The van der Waals surface area contributed by atoms with Gasteiger partial charge >= 0.3 is 0 Å². The smallest absolute Gasteiger partial charge is 0.180 e. The summed E-state index contributed by atoms with van der Waals surface area (Å²) in [6.07, 6.45) is 1.71. The molecule has 1 heterocycles. The molecule has 1 aliphatic rings. The Morgan fingerprint density at radius 1 is 1.48 bits per heavy atom. The summed E-state index contributed by atoms with van der Waals surface area (Å²) < 4.78 is 10.8. The third-order valence-electron chi connectivity index (χ3n) is 3.33. The minimum atomic E-state index is -0.0908. The van der Waals surface area contributed by atoms with E-state index in [1.807, 2.05) is 21.0 Å². The van der Waals surface area contributed by atoms with Crippen LogP contribution in [0.15, 0.2) is 12.1 Å². The zero-order valence-corrected chi connectivity index (χ0v) is 12.9. The number of phenols is 1. The Labute approximate surface area is 125 Å². The molecule has 1 unspecified atom stereocenters. The van der Waals surface area contributed by atoms with Crippen LogP contribution in [0.3, 0.4) is 0 Å². The van der Waals surface area contributed by atoms with E-state index in [-0.39, 0.29) is 24.2 Å². The lowest BCUT2D eigenvalue weighted by molar-refractivity contribution is 0.0955. The standard InChI is InChI=1S/C16H23NO4/c1-4-5-13-15(21-10-11-9-20-11)7-6-12(16(13)19)14(18)8-17(2)3/h6-7,11,19H,4-5,8-10H2,1-3H3. The molecule has 1 aliphatic heterocycles. The summed E-state index contributed by atoms with van der Waals surface area (Å²) in [4.78, 5) is 13.9. The van der Waals surface area contributed by atoms with Crippen LogP contribution in [0.1, 0.15) is 29.3 Å². The molecule has 1 atom stereocenters. The van der Waals surface area contributed by atoms with Gasteiger partial charge < -0.3 is 19.5 Å². The summed E-state index contributed by atoms with van der Waals surface area (Å²) in [7, 11) is 3.66. The van der Waals surface area contributed by atoms with Crippen molar-refractivity contribution in [3.05, 3.63) is 23.3 Å². The number of benzene rings is 1. The van der Waals surface area contributed by atoms with Crippen molar-refractivity contribution in [3.8, 4) is 11.5 Å². The van der Waals surface area contributed by atoms with Crippen molar-refractivity contribution in [3.63, 3.8) is 0 Å². The molecule has 2 rings (SSSR count). The Hall–Kier alpha value is -1.59.